The van der Waals surface area contributed by atoms with E-state index in [9.17, 15) is 16.8 Å². The smallest absolute Gasteiger partial charge is 0.262 e. The predicted octanol–water partition coefficient (Wildman–Crippen LogP) is 3.18. The number of sulfonamides is 2. The van der Waals surface area contributed by atoms with Gasteiger partial charge in [-0.3, -0.25) is 4.72 Å². The van der Waals surface area contributed by atoms with Crippen LogP contribution in [0.5, 0.6) is 0 Å². The molecule has 1 heterocycles. The summed E-state index contributed by atoms with van der Waals surface area (Å²) in [5.74, 6) is 0.468. The predicted molar refractivity (Wildman–Crippen MR) is 106 cm³/mol. The maximum Gasteiger partial charge on any atom is 0.262 e. The van der Waals surface area contributed by atoms with Crippen LogP contribution in [-0.2, 0) is 26.6 Å². The number of rotatable bonds is 7. The molecule has 0 spiro atoms. The van der Waals surface area contributed by atoms with Crippen LogP contribution in [0.2, 0.25) is 0 Å². The van der Waals surface area contributed by atoms with Crippen molar-refractivity contribution in [3.8, 4) is 0 Å². The Balaban J connectivity index is 1.84. The highest BCUT2D eigenvalue weighted by atomic mass is 32.2. The Kier molecular flexibility index (Phi) is 5.59. The Morgan fingerprint density at radius 2 is 1.68 bits per heavy atom. The lowest BCUT2D eigenvalue weighted by atomic mass is 10.2. The maximum absolute atomic E-state index is 12.7. The van der Waals surface area contributed by atoms with Gasteiger partial charge in [0.05, 0.1) is 28.3 Å². The van der Waals surface area contributed by atoms with Gasteiger partial charge >= 0.3 is 0 Å². The molecule has 0 amide bonds. The molecule has 148 valence electrons. The van der Waals surface area contributed by atoms with Gasteiger partial charge in [0.1, 0.15) is 5.76 Å². The molecule has 3 aromatic rings. The molecule has 28 heavy (non-hydrogen) atoms. The van der Waals surface area contributed by atoms with Crippen molar-refractivity contribution in [3.63, 3.8) is 0 Å². The Bertz CT molecular complexity index is 1180. The van der Waals surface area contributed by atoms with E-state index in [1.807, 2.05) is 6.07 Å². The van der Waals surface area contributed by atoms with E-state index in [-0.39, 0.29) is 22.0 Å². The topological polar surface area (TPSA) is 105 Å². The van der Waals surface area contributed by atoms with Gasteiger partial charge in [-0.05, 0) is 61.4 Å². The fourth-order valence-electron chi connectivity index (χ4n) is 2.60. The zero-order chi connectivity index (χ0) is 20.4. The minimum Gasteiger partial charge on any atom is -0.468 e. The van der Waals surface area contributed by atoms with E-state index < -0.39 is 20.0 Å². The maximum atomic E-state index is 12.7. The molecular formula is C19H20N2O5S2. The minimum absolute atomic E-state index is 0.00618. The monoisotopic (exact) mass is 420 g/mol. The molecule has 3 rings (SSSR count). The van der Waals surface area contributed by atoms with E-state index in [0.717, 1.165) is 5.56 Å². The first-order chi connectivity index (χ1) is 13.2. The highest BCUT2D eigenvalue weighted by Crippen LogP contribution is 2.22. The van der Waals surface area contributed by atoms with Crippen molar-refractivity contribution in [1.82, 2.24) is 4.72 Å². The zero-order valence-corrected chi connectivity index (χ0v) is 17.0. The van der Waals surface area contributed by atoms with Gasteiger partial charge in [0.2, 0.25) is 10.0 Å². The summed E-state index contributed by atoms with van der Waals surface area (Å²) in [6, 6.07) is 14.1. The van der Waals surface area contributed by atoms with Gasteiger partial charge in [-0.25, -0.2) is 21.6 Å². The molecule has 0 fully saturated rings. The minimum atomic E-state index is -3.86. The van der Waals surface area contributed by atoms with Gasteiger partial charge in [-0.15, -0.1) is 0 Å². The third-order valence-electron chi connectivity index (χ3n) is 4.05. The molecule has 0 aliphatic carbocycles. The molecule has 2 N–H and O–H groups in total. The molecule has 0 bridgehead atoms. The van der Waals surface area contributed by atoms with Crippen molar-refractivity contribution in [1.29, 1.82) is 0 Å². The lowest BCUT2D eigenvalue weighted by molar-refractivity contribution is 0.498. The van der Waals surface area contributed by atoms with Crippen LogP contribution < -0.4 is 9.44 Å². The molecule has 0 unspecified atom stereocenters. The number of aryl methyl sites for hydroxylation is 2. The van der Waals surface area contributed by atoms with Crippen LogP contribution in [0.25, 0.3) is 0 Å². The number of hydrogen-bond donors (Lipinski definition) is 2. The summed E-state index contributed by atoms with van der Waals surface area (Å²) >= 11 is 0. The lowest BCUT2D eigenvalue weighted by Gasteiger charge is -2.12. The molecule has 2 aromatic carbocycles. The van der Waals surface area contributed by atoms with Crippen molar-refractivity contribution >= 4 is 25.7 Å². The van der Waals surface area contributed by atoms with Crippen LogP contribution >= 0.6 is 0 Å². The van der Waals surface area contributed by atoms with Gasteiger partial charge in [0, 0.05) is 0 Å². The normalized spacial score (nSPS) is 12.1. The second kappa shape index (κ2) is 7.78. The molecule has 0 atom stereocenters. The summed E-state index contributed by atoms with van der Waals surface area (Å²) in [6.45, 7) is 3.50. The van der Waals surface area contributed by atoms with Crippen LogP contribution in [0.1, 0.15) is 16.9 Å². The van der Waals surface area contributed by atoms with Crippen molar-refractivity contribution in [2.45, 2.75) is 30.2 Å². The average Bonchev–Trinajstić information content (AvgIpc) is 3.15. The first-order valence-electron chi connectivity index (χ1n) is 8.39. The van der Waals surface area contributed by atoms with Gasteiger partial charge in [0.25, 0.3) is 10.0 Å². The number of benzene rings is 2. The van der Waals surface area contributed by atoms with Gasteiger partial charge < -0.3 is 4.42 Å². The molecule has 0 saturated carbocycles. The van der Waals surface area contributed by atoms with E-state index in [1.165, 1.54) is 30.5 Å². The summed E-state index contributed by atoms with van der Waals surface area (Å²) in [5, 5.41) is 0. The highest BCUT2D eigenvalue weighted by Gasteiger charge is 2.19. The zero-order valence-electron chi connectivity index (χ0n) is 15.3. The Labute approximate surface area is 164 Å². The van der Waals surface area contributed by atoms with Crippen LogP contribution in [0.3, 0.4) is 0 Å². The number of nitrogens with one attached hydrogen (secondary N) is 2. The third-order valence-corrected chi connectivity index (χ3v) is 6.97. The van der Waals surface area contributed by atoms with Crippen LogP contribution in [0, 0.1) is 13.8 Å². The summed E-state index contributed by atoms with van der Waals surface area (Å²) < 4.78 is 60.4. The van der Waals surface area contributed by atoms with Gasteiger partial charge in [-0.1, -0.05) is 18.2 Å². The molecule has 9 heteroatoms. The quantitative estimate of drug-likeness (QED) is 0.611. The van der Waals surface area contributed by atoms with Crippen LogP contribution in [0.4, 0.5) is 5.69 Å². The van der Waals surface area contributed by atoms with Gasteiger partial charge in [-0.2, -0.15) is 0 Å². The summed E-state index contributed by atoms with van der Waals surface area (Å²) in [5.41, 5.74) is 1.56. The number of furan rings is 1. The Hall–Kier alpha value is -2.62. The Morgan fingerprint density at radius 1 is 0.893 bits per heavy atom. The first-order valence-corrected chi connectivity index (χ1v) is 11.4. The molecule has 7 nitrogen and oxygen atoms in total. The second-order valence-corrected chi connectivity index (χ2v) is 9.72. The number of anilines is 1. The van der Waals surface area contributed by atoms with Crippen molar-refractivity contribution < 1.29 is 21.3 Å². The van der Waals surface area contributed by atoms with E-state index in [2.05, 4.69) is 9.44 Å². The summed E-state index contributed by atoms with van der Waals surface area (Å²) in [6.07, 6.45) is 1.45. The van der Waals surface area contributed by atoms with Crippen LogP contribution in [-0.4, -0.2) is 16.8 Å². The summed E-state index contributed by atoms with van der Waals surface area (Å²) in [4.78, 5) is 0.0944. The van der Waals surface area contributed by atoms with Crippen molar-refractivity contribution in [3.05, 3.63) is 77.7 Å². The molecular weight excluding hydrogens is 400 g/mol. The highest BCUT2D eigenvalue weighted by molar-refractivity contribution is 7.92. The fraction of sp³-hybridized carbons (Fsp3) is 0.158. The largest absolute Gasteiger partial charge is 0.468 e. The van der Waals surface area contributed by atoms with E-state index >= 15 is 0 Å². The van der Waals surface area contributed by atoms with Gasteiger partial charge in [0.15, 0.2) is 0 Å². The number of hydrogen-bond acceptors (Lipinski definition) is 5. The first kappa shape index (κ1) is 20.1. The summed E-state index contributed by atoms with van der Waals surface area (Å²) in [7, 11) is -7.70. The van der Waals surface area contributed by atoms with E-state index in [4.69, 9.17) is 4.42 Å². The second-order valence-electron chi connectivity index (χ2n) is 6.31. The average molecular weight is 421 g/mol. The molecule has 0 radical (unpaired) electrons. The van der Waals surface area contributed by atoms with Crippen molar-refractivity contribution in [2.75, 3.05) is 4.72 Å². The van der Waals surface area contributed by atoms with E-state index in [1.54, 1.807) is 38.1 Å². The molecule has 1 aromatic heterocycles. The van der Waals surface area contributed by atoms with E-state index in [0.29, 0.717) is 11.3 Å². The standard InChI is InChI=1S/C19H20N2O5S2/c1-14-8-9-15(2)19(11-14)28(24,25)21-16-5-3-7-18(12-16)27(22,23)20-13-17-6-4-10-26-17/h3-12,20-21H,13H2,1-2H3. The van der Waals surface area contributed by atoms with Crippen LogP contribution in [0.15, 0.2) is 75.1 Å². The third kappa shape index (κ3) is 4.61. The molecule has 0 aliphatic heterocycles. The van der Waals surface area contributed by atoms with Crippen molar-refractivity contribution in [2.24, 2.45) is 0 Å². The molecule has 0 saturated heterocycles. The Morgan fingerprint density at radius 3 is 2.39 bits per heavy atom. The SMILES string of the molecule is Cc1ccc(C)c(S(=O)(=O)Nc2cccc(S(=O)(=O)NCc3ccco3)c2)c1. The molecule has 0 aliphatic rings. The lowest BCUT2D eigenvalue weighted by Crippen LogP contribution is -2.23. The fourth-order valence-corrected chi connectivity index (χ4v) is 5.02.